The maximum absolute atomic E-state index is 14.4. The summed E-state index contributed by atoms with van der Waals surface area (Å²) in [6.45, 7) is 1.86. The van der Waals surface area contributed by atoms with Crippen molar-refractivity contribution in [2.45, 2.75) is 19.8 Å². The molecule has 3 aromatic carbocycles. The number of hydrogen-bond acceptors (Lipinski definition) is 0. The van der Waals surface area contributed by atoms with E-state index in [-0.39, 0.29) is 16.3 Å². The number of benzene rings is 3. The van der Waals surface area contributed by atoms with Crippen LogP contribution in [-0.4, -0.2) is 0 Å². The molecule has 3 rings (SSSR count). The minimum Gasteiger partial charge on any atom is -0.204 e. The van der Waals surface area contributed by atoms with Crippen LogP contribution in [0, 0.1) is 23.3 Å². The van der Waals surface area contributed by atoms with Gasteiger partial charge in [0.25, 0.3) is 0 Å². The van der Waals surface area contributed by atoms with Crippen LogP contribution in [0.1, 0.15) is 18.9 Å². The van der Waals surface area contributed by atoms with Crippen molar-refractivity contribution in [3.63, 3.8) is 0 Å². The number of rotatable bonds is 2. The van der Waals surface area contributed by atoms with Crippen LogP contribution in [-0.2, 0) is 6.42 Å². The Morgan fingerprint density at radius 1 is 0.762 bits per heavy atom. The Balaban J connectivity index is 2.50. The molecule has 0 aliphatic carbocycles. The number of fused-ring (bicyclic) bond motifs is 3. The molecule has 0 radical (unpaired) electrons. The lowest BCUT2D eigenvalue weighted by Crippen LogP contribution is -1.98. The fraction of sp³-hybridized carbons (Fsp3) is 0.176. The Morgan fingerprint density at radius 2 is 1.38 bits per heavy atom. The van der Waals surface area contributed by atoms with E-state index in [9.17, 15) is 17.6 Å². The van der Waals surface area contributed by atoms with E-state index >= 15 is 0 Å². The summed E-state index contributed by atoms with van der Waals surface area (Å²) in [6, 6.07) is 7.00. The average molecular weight is 292 g/mol. The van der Waals surface area contributed by atoms with Crippen molar-refractivity contribution >= 4 is 21.5 Å². The molecular formula is C17H12F4. The third kappa shape index (κ3) is 2.06. The molecular weight excluding hydrogens is 280 g/mol. The summed E-state index contributed by atoms with van der Waals surface area (Å²) in [4.78, 5) is 0. The first kappa shape index (κ1) is 13.9. The van der Waals surface area contributed by atoms with Gasteiger partial charge in [0.2, 0.25) is 0 Å². The largest absolute Gasteiger partial charge is 0.204 e. The van der Waals surface area contributed by atoms with Crippen LogP contribution in [0.4, 0.5) is 17.6 Å². The van der Waals surface area contributed by atoms with E-state index in [0.29, 0.717) is 23.6 Å². The SMILES string of the molecule is CCCc1cc2ccc3ccc(F)c(F)c3c2c(F)c1F. The minimum atomic E-state index is -1.15. The van der Waals surface area contributed by atoms with Gasteiger partial charge in [-0.15, -0.1) is 0 Å². The van der Waals surface area contributed by atoms with Gasteiger partial charge in [0.1, 0.15) is 0 Å². The van der Waals surface area contributed by atoms with Gasteiger partial charge in [-0.05, 0) is 34.9 Å². The summed E-state index contributed by atoms with van der Waals surface area (Å²) in [5.74, 6) is -4.33. The van der Waals surface area contributed by atoms with E-state index in [0.717, 1.165) is 6.07 Å². The zero-order valence-electron chi connectivity index (χ0n) is 11.3. The maximum Gasteiger partial charge on any atom is 0.167 e. The first-order valence-corrected chi connectivity index (χ1v) is 6.72. The Hall–Kier alpha value is -2.10. The molecule has 0 nitrogen and oxygen atoms in total. The van der Waals surface area contributed by atoms with E-state index in [2.05, 4.69) is 0 Å². The van der Waals surface area contributed by atoms with Gasteiger partial charge in [0.05, 0.1) is 0 Å². The maximum atomic E-state index is 14.4. The highest BCUT2D eigenvalue weighted by molar-refractivity contribution is 6.08. The topological polar surface area (TPSA) is 0 Å². The molecule has 3 aromatic rings. The Bertz CT molecular complexity index is 853. The van der Waals surface area contributed by atoms with Crippen molar-refractivity contribution in [1.82, 2.24) is 0 Å². The van der Waals surface area contributed by atoms with Crippen molar-refractivity contribution in [3.05, 3.63) is 59.2 Å². The standard InChI is InChI=1S/C17H12F4/c1-2-3-11-8-10-5-4-9-6-7-12(18)16(20)13(9)14(10)17(21)15(11)19/h4-8H,2-3H2,1H3. The molecule has 0 saturated carbocycles. The van der Waals surface area contributed by atoms with E-state index in [1.54, 1.807) is 12.1 Å². The van der Waals surface area contributed by atoms with Crippen LogP contribution in [0.2, 0.25) is 0 Å². The molecule has 0 amide bonds. The number of hydrogen-bond donors (Lipinski definition) is 0. The molecule has 0 fully saturated rings. The summed E-state index contributed by atoms with van der Waals surface area (Å²) in [5, 5.41) is 0.283. The van der Waals surface area contributed by atoms with Crippen molar-refractivity contribution in [2.24, 2.45) is 0 Å². The van der Waals surface area contributed by atoms with Crippen LogP contribution >= 0.6 is 0 Å². The fourth-order valence-corrected chi connectivity index (χ4v) is 2.68. The highest BCUT2D eigenvalue weighted by Crippen LogP contribution is 2.33. The molecule has 0 bridgehead atoms. The molecule has 0 saturated heterocycles. The van der Waals surface area contributed by atoms with Gasteiger partial charge in [0, 0.05) is 10.8 Å². The Labute approximate surface area is 119 Å². The highest BCUT2D eigenvalue weighted by atomic mass is 19.2. The number of halogens is 4. The minimum absolute atomic E-state index is 0.207. The third-order valence-electron chi connectivity index (χ3n) is 3.65. The second-order valence-corrected chi connectivity index (χ2v) is 5.04. The number of aryl methyl sites for hydroxylation is 1. The van der Waals surface area contributed by atoms with Gasteiger partial charge >= 0.3 is 0 Å². The van der Waals surface area contributed by atoms with E-state index in [1.165, 1.54) is 12.1 Å². The van der Waals surface area contributed by atoms with Gasteiger partial charge in [-0.3, -0.25) is 0 Å². The second-order valence-electron chi connectivity index (χ2n) is 5.04. The first-order chi connectivity index (χ1) is 10.0. The predicted molar refractivity (Wildman–Crippen MR) is 75.3 cm³/mol. The molecule has 0 aliphatic rings. The van der Waals surface area contributed by atoms with E-state index < -0.39 is 23.3 Å². The normalized spacial score (nSPS) is 11.5. The molecule has 4 heteroatoms. The van der Waals surface area contributed by atoms with Gasteiger partial charge < -0.3 is 0 Å². The van der Waals surface area contributed by atoms with Crippen LogP contribution in [0.25, 0.3) is 21.5 Å². The molecule has 0 unspecified atom stereocenters. The van der Waals surface area contributed by atoms with Crippen LogP contribution in [0.5, 0.6) is 0 Å². The summed E-state index contributed by atoms with van der Waals surface area (Å²) in [7, 11) is 0. The van der Waals surface area contributed by atoms with Gasteiger partial charge in [-0.1, -0.05) is 31.5 Å². The van der Waals surface area contributed by atoms with Crippen molar-refractivity contribution in [3.8, 4) is 0 Å². The fourth-order valence-electron chi connectivity index (χ4n) is 2.68. The summed E-state index contributed by atoms with van der Waals surface area (Å²) < 4.78 is 55.9. The molecule has 0 spiro atoms. The lowest BCUT2D eigenvalue weighted by Gasteiger charge is -2.10. The smallest absolute Gasteiger partial charge is 0.167 e. The zero-order valence-corrected chi connectivity index (χ0v) is 11.3. The second kappa shape index (κ2) is 5.02. The molecule has 0 heterocycles. The quantitative estimate of drug-likeness (QED) is 0.432. The molecule has 0 N–H and O–H groups in total. The van der Waals surface area contributed by atoms with Crippen molar-refractivity contribution in [1.29, 1.82) is 0 Å². The summed E-state index contributed by atoms with van der Waals surface area (Å²) in [6.07, 6.45) is 1.06. The van der Waals surface area contributed by atoms with E-state index in [4.69, 9.17) is 0 Å². The van der Waals surface area contributed by atoms with E-state index in [1.807, 2.05) is 6.92 Å². The summed E-state index contributed by atoms with van der Waals surface area (Å²) >= 11 is 0. The average Bonchev–Trinajstić information content (AvgIpc) is 2.48. The van der Waals surface area contributed by atoms with Crippen LogP contribution < -0.4 is 0 Å². The van der Waals surface area contributed by atoms with Crippen LogP contribution in [0.15, 0.2) is 30.3 Å². The molecule has 0 atom stereocenters. The molecule has 0 aromatic heterocycles. The lowest BCUT2D eigenvalue weighted by molar-refractivity contribution is 0.504. The third-order valence-corrected chi connectivity index (χ3v) is 3.65. The van der Waals surface area contributed by atoms with Gasteiger partial charge in [0.15, 0.2) is 23.3 Å². The zero-order chi connectivity index (χ0) is 15.1. The molecule has 0 aliphatic heterocycles. The van der Waals surface area contributed by atoms with Gasteiger partial charge in [-0.2, -0.15) is 0 Å². The lowest BCUT2D eigenvalue weighted by atomic mass is 9.97. The summed E-state index contributed by atoms with van der Waals surface area (Å²) in [5.41, 5.74) is 0.249. The monoisotopic (exact) mass is 292 g/mol. The predicted octanol–water partition coefficient (Wildman–Crippen LogP) is 5.50. The Kier molecular flexibility index (Phi) is 3.32. The van der Waals surface area contributed by atoms with Crippen molar-refractivity contribution < 1.29 is 17.6 Å². The highest BCUT2D eigenvalue weighted by Gasteiger charge is 2.18. The first-order valence-electron chi connectivity index (χ1n) is 6.72. The van der Waals surface area contributed by atoms with Crippen LogP contribution in [0.3, 0.4) is 0 Å². The Morgan fingerprint density at radius 3 is 2.10 bits per heavy atom. The molecule has 108 valence electrons. The molecule has 21 heavy (non-hydrogen) atoms. The van der Waals surface area contributed by atoms with Gasteiger partial charge in [-0.25, -0.2) is 17.6 Å². The van der Waals surface area contributed by atoms with Crippen molar-refractivity contribution in [2.75, 3.05) is 0 Å².